The maximum atomic E-state index is 13.1. The molecule has 1 atom stereocenters. The lowest BCUT2D eigenvalue weighted by atomic mass is 10.1. The van der Waals surface area contributed by atoms with Gasteiger partial charge >= 0.3 is 0 Å². The Morgan fingerprint density at radius 1 is 1.00 bits per heavy atom. The van der Waals surface area contributed by atoms with Gasteiger partial charge in [0.2, 0.25) is 0 Å². The number of hydrogen-bond donors (Lipinski definition) is 0. The summed E-state index contributed by atoms with van der Waals surface area (Å²) in [5, 5.41) is 0.858. The van der Waals surface area contributed by atoms with Crippen LogP contribution >= 0.6 is 0 Å². The first kappa shape index (κ1) is 16.5. The predicted octanol–water partition coefficient (Wildman–Crippen LogP) is 5.37. The Balaban J connectivity index is 0.000000238. The highest BCUT2D eigenvalue weighted by Gasteiger charge is 2.07. The van der Waals surface area contributed by atoms with Gasteiger partial charge in [-0.25, -0.2) is 13.8 Å². The van der Waals surface area contributed by atoms with Crippen molar-refractivity contribution in [1.82, 2.24) is 4.98 Å². The van der Waals surface area contributed by atoms with Crippen LogP contribution in [0.5, 0.6) is 0 Å². The van der Waals surface area contributed by atoms with E-state index in [0.717, 1.165) is 12.0 Å². The molecule has 0 saturated carbocycles. The molecule has 0 aliphatic carbocycles. The third-order valence-electron chi connectivity index (χ3n) is 3.93. The van der Waals surface area contributed by atoms with E-state index in [2.05, 4.69) is 11.9 Å². The van der Waals surface area contributed by atoms with E-state index in [1.165, 1.54) is 37.1 Å². The fourth-order valence-electron chi connectivity index (χ4n) is 2.64. The van der Waals surface area contributed by atoms with E-state index in [1.54, 1.807) is 24.3 Å². The summed E-state index contributed by atoms with van der Waals surface area (Å²) in [5.41, 5.74) is 1.88. The maximum Gasteiger partial charge on any atom is 0.125 e. The molecular formula is C20H19F2NO. The summed E-state index contributed by atoms with van der Waals surface area (Å²) in [7, 11) is 0. The van der Waals surface area contributed by atoms with E-state index < -0.39 is 0 Å². The van der Waals surface area contributed by atoms with Gasteiger partial charge in [-0.1, -0.05) is 18.2 Å². The molecule has 1 saturated heterocycles. The van der Waals surface area contributed by atoms with Crippen molar-refractivity contribution in [2.75, 3.05) is 6.61 Å². The molecule has 4 rings (SSSR count). The van der Waals surface area contributed by atoms with E-state index >= 15 is 0 Å². The van der Waals surface area contributed by atoms with Crippen LogP contribution in [0.1, 0.15) is 19.8 Å². The first-order valence-electron chi connectivity index (χ1n) is 8.06. The SMILES string of the molecule is CC1CCCO1.Fc1cccc(-c2ccc3ccc(F)cc3n2)c1. The predicted molar refractivity (Wildman–Crippen MR) is 91.7 cm³/mol. The highest BCUT2D eigenvalue weighted by Crippen LogP contribution is 2.22. The van der Waals surface area contributed by atoms with Crippen LogP contribution in [0.2, 0.25) is 0 Å². The summed E-state index contributed by atoms with van der Waals surface area (Å²) in [5.74, 6) is -0.639. The van der Waals surface area contributed by atoms with E-state index in [0.29, 0.717) is 22.9 Å². The molecule has 0 N–H and O–H groups in total. The second-order valence-corrected chi connectivity index (χ2v) is 5.87. The minimum atomic E-state index is -0.327. The molecule has 0 bridgehead atoms. The highest BCUT2D eigenvalue weighted by molar-refractivity contribution is 5.81. The van der Waals surface area contributed by atoms with Crippen LogP contribution in [-0.2, 0) is 4.74 Å². The molecule has 0 amide bonds. The molecule has 2 aromatic carbocycles. The van der Waals surface area contributed by atoms with Crippen LogP contribution in [0.15, 0.2) is 54.6 Å². The van der Waals surface area contributed by atoms with Crippen molar-refractivity contribution >= 4 is 10.9 Å². The second kappa shape index (κ2) is 7.49. The number of nitrogens with zero attached hydrogens (tertiary/aromatic N) is 1. The number of fused-ring (bicyclic) bond motifs is 1. The van der Waals surface area contributed by atoms with Crippen molar-refractivity contribution in [2.45, 2.75) is 25.9 Å². The van der Waals surface area contributed by atoms with Crippen LogP contribution < -0.4 is 0 Å². The third-order valence-corrected chi connectivity index (χ3v) is 3.93. The van der Waals surface area contributed by atoms with Crippen molar-refractivity contribution in [3.8, 4) is 11.3 Å². The molecule has 1 unspecified atom stereocenters. The Morgan fingerprint density at radius 3 is 2.46 bits per heavy atom. The molecule has 0 radical (unpaired) electrons. The fraction of sp³-hybridized carbons (Fsp3) is 0.250. The number of halogens is 2. The van der Waals surface area contributed by atoms with Crippen molar-refractivity contribution in [1.29, 1.82) is 0 Å². The highest BCUT2D eigenvalue weighted by atomic mass is 19.1. The van der Waals surface area contributed by atoms with Crippen LogP contribution in [0.3, 0.4) is 0 Å². The Labute approximate surface area is 140 Å². The summed E-state index contributed by atoms with van der Waals surface area (Å²) in [6.07, 6.45) is 3.08. The monoisotopic (exact) mass is 327 g/mol. The standard InChI is InChI=1S/C15H9F2N.C5H10O/c16-12-3-1-2-11(8-12)14-7-5-10-4-6-13(17)9-15(10)18-14;1-5-3-2-4-6-5/h1-9H;5H,2-4H2,1H3. The smallest absolute Gasteiger partial charge is 0.125 e. The van der Waals surface area contributed by atoms with Gasteiger partial charge in [-0.3, -0.25) is 0 Å². The zero-order valence-electron chi connectivity index (χ0n) is 13.5. The van der Waals surface area contributed by atoms with Crippen LogP contribution in [-0.4, -0.2) is 17.7 Å². The van der Waals surface area contributed by atoms with Gasteiger partial charge in [0.1, 0.15) is 11.6 Å². The normalized spacial score (nSPS) is 16.7. The van der Waals surface area contributed by atoms with Gasteiger partial charge in [0, 0.05) is 23.6 Å². The summed E-state index contributed by atoms with van der Waals surface area (Å²) < 4.78 is 31.4. The van der Waals surface area contributed by atoms with Gasteiger partial charge < -0.3 is 4.74 Å². The topological polar surface area (TPSA) is 22.1 Å². The molecule has 2 heterocycles. The van der Waals surface area contributed by atoms with Crippen LogP contribution in [0, 0.1) is 11.6 Å². The lowest BCUT2D eigenvalue weighted by Gasteiger charge is -2.03. The van der Waals surface area contributed by atoms with Gasteiger partial charge in [-0.15, -0.1) is 0 Å². The van der Waals surface area contributed by atoms with E-state index in [4.69, 9.17) is 4.74 Å². The third kappa shape index (κ3) is 4.15. The summed E-state index contributed by atoms with van der Waals surface area (Å²) >= 11 is 0. The first-order chi connectivity index (χ1) is 11.6. The number of rotatable bonds is 1. The zero-order chi connectivity index (χ0) is 16.9. The average Bonchev–Trinajstić information content (AvgIpc) is 3.06. The summed E-state index contributed by atoms with van der Waals surface area (Å²) in [4.78, 5) is 4.34. The second-order valence-electron chi connectivity index (χ2n) is 5.87. The fourth-order valence-corrected chi connectivity index (χ4v) is 2.64. The molecule has 24 heavy (non-hydrogen) atoms. The minimum absolute atomic E-state index is 0.311. The van der Waals surface area contributed by atoms with Gasteiger partial charge in [-0.05, 0) is 50.1 Å². The largest absolute Gasteiger partial charge is 0.379 e. The molecule has 3 aromatic rings. The number of ether oxygens (including phenoxy) is 1. The van der Waals surface area contributed by atoms with Crippen molar-refractivity contribution in [2.24, 2.45) is 0 Å². The zero-order valence-corrected chi connectivity index (χ0v) is 13.5. The number of benzene rings is 2. The van der Waals surface area contributed by atoms with Gasteiger partial charge in [0.15, 0.2) is 0 Å². The summed E-state index contributed by atoms with van der Waals surface area (Å²) in [6, 6.07) is 14.3. The average molecular weight is 327 g/mol. The first-order valence-corrected chi connectivity index (χ1v) is 8.06. The Morgan fingerprint density at radius 2 is 1.79 bits per heavy atom. The molecule has 1 aromatic heterocycles. The Bertz CT molecular complexity index is 829. The Hall–Kier alpha value is -2.33. The number of hydrogen-bond acceptors (Lipinski definition) is 2. The van der Waals surface area contributed by atoms with Crippen LogP contribution in [0.4, 0.5) is 8.78 Å². The number of aromatic nitrogens is 1. The van der Waals surface area contributed by atoms with Crippen molar-refractivity contribution in [3.63, 3.8) is 0 Å². The van der Waals surface area contributed by atoms with E-state index in [1.807, 2.05) is 6.07 Å². The molecule has 1 aliphatic heterocycles. The lowest BCUT2D eigenvalue weighted by Crippen LogP contribution is -1.94. The van der Waals surface area contributed by atoms with Crippen LogP contribution in [0.25, 0.3) is 22.2 Å². The maximum absolute atomic E-state index is 13.1. The van der Waals surface area contributed by atoms with Gasteiger partial charge in [0.25, 0.3) is 0 Å². The van der Waals surface area contributed by atoms with Gasteiger partial charge in [0.05, 0.1) is 17.3 Å². The molecule has 124 valence electrons. The van der Waals surface area contributed by atoms with Crippen molar-refractivity contribution < 1.29 is 13.5 Å². The van der Waals surface area contributed by atoms with E-state index in [9.17, 15) is 8.78 Å². The molecule has 1 aliphatic rings. The lowest BCUT2D eigenvalue weighted by molar-refractivity contribution is 0.125. The summed E-state index contributed by atoms with van der Waals surface area (Å²) in [6.45, 7) is 3.11. The quantitative estimate of drug-likeness (QED) is 0.600. The Kier molecular flexibility index (Phi) is 5.16. The molecule has 2 nitrogen and oxygen atoms in total. The van der Waals surface area contributed by atoms with E-state index in [-0.39, 0.29) is 11.6 Å². The molecular weight excluding hydrogens is 308 g/mol. The molecule has 4 heteroatoms. The van der Waals surface area contributed by atoms with Crippen molar-refractivity contribution in [3.05, 3.63) is 66.2 Å². The van der Waals surface area contributed by atoms with Gasteiger partial charge in [-0.2, -0.15) is 0 Å². The molecule has 0 spiro atoms. The minimum Gasteiger partial charge on any atom is -0.379 e. The molecule has 1 fully saturated rings. The number of pyridine rings is 1.